The van der Waals surface area contributed by atoms with Gasteiger partial charge in [0.2, 0.25) is 5.78 Å². The van der Waals surface area contributed by atoms with Crippen molar-refractivity contribution in [1.82, 2.24) is 0 Å². The number of amides is 1. The molecule has 3 unspecified atom stereocenters. The van der Waals surface area contributed by atoms with Gasteiger partial charge in [0.25, 0.3) is 5.91 Å². The quantitative estimate of drug-likeness (QED) is 0.419. The average Bonchev–Trinajstić information content (AvgIpc) is 2.76. The van der Waals surface area contributed by atoms with Crippen LogP contribution in [0.1, 0.15) is 43.2 Å². The van der Waals surface area contributed by atoms with Gasteiger partial charge in [-0.05, 0) is 55.7 Å². The number of phenols is 1. The van der Waals surface area contributed by atoms with Crippen LogP contribution in [0.3, 0.4) is 0 Å². The molecule has 1 aliphatic heterocycles. The Morgan fingerprint density at radius 3 is 2.42 bits per heavy atom. The van der Waals surface area contributed by atoms with Crippen molar-refractivity contribution >= 4 is 28.9 Å². The number of hydrogen-bond donors (Lipinski definition) is 5. The van der Waals surface area contributed by atoms with E-state index >= 15 is 0 Å². The summed E-state index contributed by atoms with van der Waals surface area (Å²) in [6, 6.07) is 3.29. The van der Waals surface area contributed by atoms with Crippen molar-refractivity contribution in [3.8, 4) is 5.75 Å². The molecule has 9 heteroatoms. The number of rotatable bonds is 2. The molecule has 2 fully saturated rings. The summed E-state index contributed by atoms with van der Waals surface area (Å²) in [4.78, 5) is 39.8. The van der Waals surface area contributed by atoms with Gasteiger partial charge in [0.1, 0.15) is 22.8 Å². The fraction of sp³-hybridized carbons (Fsp3) is 0.458. The number of carbonyl (C=O) groups is 3. The minimum Gasteiger partial charge on any atom is -0.508 e. The standard InChI is InChI=1S/C24H26N2O7/c25-23(32)19-16(28)10-12-8-11-9-13-14(26-6-2-1-3-7-26)4-5-15(27)18(13)20(29)17(11)21(30)24(12,33)22(19)31/h4-5,11-12,27,29,31,33H,1-3,6-10H2,(H2,25,32). The molecular weight excluding hydrogens is 428 g/mol. The van der Waals surface area contributed by atoms with E-state index in [1.807, 2.05) is 6.07 Å². The number of Topliss-reactive ketones (excluding diaryl/α,β-unsaturated/α-hetero) is 2. The van der Waals surface area contributed by atoms with Crippen LogP contribution in [0.25, 0.3) is 5.76 Å². The summed E-state index contributed by atoms with van der Waals surface area (Å²) in [5.41, 5.74) is 3.53. The molecule has 3 atom stereocenters. The number of piperidine rings is 1. The molecule has 0 spiro atoms. The molecule has 1 saturated heterocycles. The number of aliphatic hydroxyl groups excluding tert-OH is 2. The van der Waals surface area contributed by atoms with Gasteiger partial charge in [0.05, 0.1) is 5.56 Å². The van der Waals surface area contributed by atoms with Gasteiger partial charge >= 0.3 is 0 Å². The summed E-state index contributed by atoms with van der Waals surface area (Å²) in [6.45, 7) is 1.70. The van der Waals surface area contributed by atoms with Crippen molar-refractivity contribution in [2.24, 2.45) is 17.6 Å². The van der Waals surface area contributed by atoms with Crippen LogP contribution in [0.15, 0.2) is 29.0 Å². The number of benzene rings is 1. The number of carbonyl (C=O) groups excluding carboxylic acids is 3. The summed E-state index contributed by atoms with van der Waals surface area (Å²) in [5.74, 6) is -6.09. The Hall–Kier alpha value is -3.33. The monoisotopic (exact) mass is 454 g/mol. The molecule has 6 N–H and O–H groups in total. The SMILES string of the molecule is NC(=O)C1=C(O)C2(O)C(=O)C3=C(O)c4c(O)ccc(N5CCCCC5)c4CC3CC2CC1=O. The van der Waals surface area contributed by atoms with Gasteiger partial charge in [-0.3, -0.25) is 14.4 Å². The van der Waals surface area contributed by atoms with Gasteiger partial charge in [-0.2, -0.15) is 0 Å². The number of primary amides is 1. The van der Waals surface area contributed by atoms with Gasteiger partial charge in [0.15, 0.2) is 11.4 Å². The molecule has 5 rings (SSSR count). The molecule has 174 valence electrons. The molecule has 1 aromatic carbocycles. The topological polar surface area (TPSA) is 161 Å². The number of anilines is 1. The van der Waals surface area contributed by atoms with Crippen molar-refractivity contribution in [1.29, 1.82) is 0 Å². The number of phenolic OH excluding ortho intramolecular Hbond substituents is 1. The number of aliphatic hydroxyl groups is 3. The lowest BCUT2D eigenvalue weighted by molar-refractivity contribution is -0.147. The number of ketones is 2. The molecule has 0 radical (unpaired) electrons. The average molecular weight is 454 g/mol. The third-order valence-electron chi connectivity index (χ3n) is 7.62. The summed E-state index contributed by atoms with van der Waals surface area (Å²) >= 11 is 0. The zero-order chi connectivity index (χ0) is 23.7. The number of aromatic hydroxyl groups is 1. The fourth-order valence-corrected chi connectivity index (χ4v) is 6.04. The fourth-order valence-electron chi connectivity index (χ4n) is 6.04. The van der Waals surface area contributed by atoms with Crippen LogP contribution in [0.5, 0.6) is 5.75 Å². The zero-order valence-electron chi connectivity index (χ0n) is 18.0. The van der Waals surface area contributed by atoms with Gasteiger partial charge in [-0.15, -0.1) is 0 Å². The number of fused-ring (bicyclic) bond motifs is 3. The number of hydrogen-bond acceptors (Lipinski definition) is 8. The number of nitrogens with two attached hydrogens (primary N) is 1. The van der Waals surface area contributed by atoms with E-state index in [9.17, 15) is 34.8 Å². The Bertz CT molecular complexity index is 1160. The first kappa shape index (κ1) is 21.5. The van der Waals surface area contributed by atoms with Crippen molar-refractivity contribution < 1.29 is 34.8 Å². The van der Waals surface area contributed by atoms with Crippen LogP contribution in [-0.2, 0) is 20.8 Å². The first-order valence-electron chi connectivity index (χ1n) is 11.2. The predicted molar refractivity (Wildman–Crippen MR) is 117 cm³/mol. The van der Waals surface area contributed by atoms with Crippen LogP contribution in [0.4, 0.5) is 5.69 Å². The highest BCUT2D eigenvalue weighted by Gasteiger charge is 2.60. The van der Waals surface area contributed by atoms with Crippen LogP contribution in [-0.4, -0.2) is 56.6 Å². The molecular formula is C24H26N2O7. The molecule has 1 aromatic rings. The third kappa shape index (κ3) is 2.91. The lowest BCUT2D eigenvalue weighted by atomic mass is 9.59. The highest BCUT2D eigenvalue weighted by Crippen LogP contribution is 2.53. The molecule has 1 amide bonds. The van der Waals surface area contributed by atoms with Crippen molar-refractivity contribution in [2.75, 3.05) is 18.0 Å². The summed E-state index contributed by atoms with van der Waals surface area (Å²) < 4.78 is 0. The first-order chi connectivity index (χ1) is 15.7. The summed E-state index contributed by atoms with van der Waals surface area (Å²) in [7, 11) is 0. The summed E-state index contributed by atoms with van der Waals surface area (Å²) in [6.07, 6.45) is 3.36. The maximum atomic E-state index is 13.5. The Morgan fingerprint density at radius 2 is 1.76 bits per heavy atom. The molecule has 0 bridgehead atoms. The largest absolute Gasteiger partial charge is 0.508 e. The van der Waals surface area contributed by atoms with E-state index in [4.69, 9.17) is 5.73 Å². The van der Waals surface area contributed by atoms with Gasteiger partial charge in [0, 0.05) is 36.7 Å². The van der Waals surface area contributed by atoms with E-state index in [0.29, 0.717) is 6.42 Å². The second-order valence-corrected chi connectivity index (χ2v) is 9.41. The maximum Gasteiger partial charge on any atom is 0.255 e. The smallest absolute Gasteiger partial charge is 0.255 e. The van der Waals surface area contributed by atoms with Crippen molar-refractivity contribution in [2.45, 2.75) is 44.1 Å². The molecule has 3 aliphatic carbocycles. The maximum absolute atomic E-state index is 13.5. The molecule has 1 saturated carbocycles. The Kier molecular flexibility index (Phi) is 4.79. The third-order valence-corrected chi connectivity index (χ3v) is 7.62. The molecule has 1 heterocycles. The Balaban J connectivity index is 1.66. The Morgan fingerprint density at radius 1 is 1.06 bits per heavy atom. The minimum absolute atomic E-state index is 0.114. The second kappa shape index (κ2) is 7.34. The van der Waals surface area contributed by atoms with Gasteiger partial charge in [-0.1, -0.05) is 0 Å². The van der Waals surface area contributed by atoms with Crippen LogP contribution in [0.2, 0.25) is 0 Å². The molecule has 4 aliphatic rings. The number of nitrogens with zero attached hydrogens (tertiary/aromatic N) is 1. The van der Waals surface area contributed by atoms with E-state index < -0.39 is 52.0 Å². The van der Waals surface area contributed by atoms with E-state index in [0.717, 1.165) is 43.6 Å². The Labute approximate surface area is 189 Å². The molecule has 33 heavy (non-hydrogen) atoms. The first-order valence-corrected chi connectivity index (χ1v) is 11.2. The highest BCUT2D eigenvalue weighted by molar-refractivity contribution is 6.22. The molecule has 9 nitrogen and oxygen atoms in total. The van der Waals surface area contributed by atoms with Crippen LogP contribution < -0.4 is 10.6 Å². The predicted octanol–water partition coefficient (Wildman–Crippen LogP) is 1.41. The van der Waals surface area contributed by atoms with E-state index in [1.54, 1.807) is 0 Å². The van der Waals surface area contributed by atoms with Gasteiger partial charge in [-0.25, -0.2) is 0 Å². The van der Waals surface area contributed by atoms with Crippen molar-refractivity contribution in [3.63, 3.8) is 0 Å². The zero-order valence-corrected chi connectivity index (χ0v) is 18.0. The lowest BCUT2D eigenvalue weighted by Crippen LogP contribution is -2.58. The van der Waals surface area contributed by atoms with Crippen LogP contribution >= 0.6 is 0 Å². The summed E-state index contributed by atoms with van der Waals surface area (Å²) in [5, 5.41) is 43.6. The van der Waals surface area contributed by atoms with E-state index in [1.165, 1.54) is 6.07 Å². The van der Waals surface area contributed by atoms with Crippen LogP contribution in [0, 0.1) is 11.8 Å². The minimum atomic E-state index is -2.53. The van der Waals surface area contributed by atoms with Gasteiger partial charge < -0.3 is 31.1 Å². The lowest BCUT2D eigenvalue weighted by Gasteiger charge is -2.46. The second-order valence-electron chi connectivity index (χ2n) is 9.41. The van der Waals surface area contributed by atoms with E-state index in [2.05, 4.69) is 4.90 Å². The normalized spacial score (nSPS) is 29.5. The highest BCUT2D eigenvalue weighted by atomic mass is 16.3. The van der Waals surface area contributed by atoms with Crippen molar-refractivity contribution in [3.05, 3.63) is 40.2 Å². The molecule has 0 aromatic heterocycles. The van der Waals surface area contributed by atoms with E-state index in [-0.39, 0.29) is 29.7 Å².